The van der Waals surface area contributed by atoms with Crippen molar-refractivity contribution in [3.05, 3.63) is 41.5 Å². The standard InChI is InChI=1S/C20H25NO6/c1-11-7-8-16(23)19(25)15(22)6-4-5-13-9-14(21-3)10-17(24)18(13)20(26)27-12(11)2/h4-5,7-12,15,19,21-22,24-25H,6H2,1-3H3/b5-4+,8-7-/t11?,12?,15?,19-/m1/s1. The average Bonchev–Trinajstić information content (AvgIpc) is 2.63. The number of rotatable bonds is 1. The van der Waals surface area contributed by atoms with E-state index >= 15 is 0 Å². The van der Waals surface area contributed by atoms with Gasteiger partial charge in [0.15, 0.2) is 5.78 Å². The highest BCUT2D eigenvalue weighted by atomic mass is 16.5. The number of cyclic esters (lactones) is 1. The third-order valence-electron chi connectivity index (χ3n) is 4.57. The van der Waals surface area contributed by atoms with Gasteiger partial charge in [-0.2, -0.15) is 0 Å². The zero-order chi connectivity index (χ0) is 20.1. The molecule has 0 fully saturated rings. The number of esters is 1. The fraction of sp³-hybridized carbons (Fsp3) is 0.400. The zero-order valence-electron chi connectivity index (χ0n) is 15.5. The van der Waals surface area contributed by atoms with Crippen LogP contribution in [-0.2, 0) is 9.53 Å². The maximum absolute atomic E-state index is 12.6. The number of aliphatic hydroxyl groups is 2. The van der Waals surface area contributed by atoms with Crippen molar-refractivity contribution in [2.75, 3.05) is 12.4 Å². The number of anilines is 1. The van der Waals surface area contributed by atoms with Crippen LogP contribution in [-0.4, -0.2) is 52.4 Å². The molecule has 0 aromatic heterocycles. The lowest BCUT2D eigenvalue weighted by molar-refractivity contribution is -0.127. The number of ketones is 1. The fourth-order valence-electron chi connectivity index (χ4n) is 2.64. The SMILES string of the molecule is CNc1cc(O)c2c(c1)/C=C/CC(O)[C@@H](O)C(=O)/C=C\C(C)C(C)OC2=O. The maximum Gasteiger partial charge on any atom is 0.342 e. The highest BCUT2D eigenvalue weighted by Crippen LogP contribution is 2.29. The summed E-state index contributed by atoms with van der Waals surface area (Å²) in [6.07, 6.45) is 2.34. The van der Waals surface area contributed by atoms with Crippen LogP contribution in [0, 0.1) is 5.92 Å². The molecule has 1 aromatic rings. The van der Waals surface area contributed by atoms with Crippen molar-refractivity contribution < 1.29 is 29.6 Å². The first-order valence-corrected chi connectivity index (χ1v) is 8.75. The van der Waals surface area contributed by atoms with Crippen molar-refractivity contribution in [1.29, 1.82) is 0 Å². The van der Waals surface area contributed by atoms with Crippen molar-refractivity contribution in [3.8, 4) is 5.75 Å². The Kier molecular flexibility index (Phi) is 6.76. The normalized spacial score (nSPS) is 29.2. The third-order valence-corrected chi connectivity index (χ3v) is 4.57. The zero-order valence-corrected chi connectivity index (χ0v) is 15.5. The van der Waals surface area contributed by atoms with Crippen molar-refractivity contribution in [2.45, 2.75) is 38.6 Å². The predicted octanol–water partition coefficient (Wildman–Crippen LogP) is 1.88. The van der Waals surface area contributed by atoms with Crippen LogP contribution in [0.15, 0.2) is 30.4 Å². The number of phenolic OH excluding ortho intramolecular Hbond substituents is 1. The number of carbonyl (C=O) groups excluding carboxylic acids is 2. The molecular weight excluding hydrogens is 350 g/mol. The minimum absolute atomic E-state index is 0.00820. The number of phenols is 1. The van der Waals surface area contributed by atoms with Crippen LogP contribution in [0.4, 0.5) is 5.69 Å². The molecule has 0 aliphatic carbocycles. The minimum Gasteiger partial charge on any atom is -0.507 e. The summed E-state index contributed by atoms with van der Waals surface area (Å²) in [6, 6.07) is 3.07. The quantitative estimate of drug-likeness (QED) is 0.554. The van der Waals surface area contributed by atoms with Gasteiger partial charge in [0.05, 0.1) is 6.10 Å². The van der Waals surface area contributed by atoms with Crippen LogP contribution in [0.2, 0.25) is 0 Å². The molecule has 0 bridgehead atoms. The first-order valence-electron chi connectivity index (χ1n) is 8.75. The smallest absolute Gasteiger partial charge is 0.342 e. The highest BCUT2D eigenvalue weighted by molar-refractivity contribution is 5.97. The van der Waals surface area contributed by atoms with E-state index < -0.39 is 30.1 Å². The number of carbonyl (C=O) groups is 2. The first kappa shape index (κ1) is 20.7. The van der Waals surface area contributed by atoms with E-state index in [2.05, 4.69) is 5.32 Å². The maximum atomic E-state index is 12.6. The van der Waals surface area contributed by atoms with E-state index in [0.717, 1.165) is 0 Å². The Morgan fingerprint density at radius 2 is 1.85 bits per heavy atom. The van der Waals surface area contributed by atoms with E-state index in [4.69, 9.17) is 4.74 Å². The molecule has 0 spiro atoms. The van der Waals surface area contributed by atoms with Crippen molar-refractivity contribution >= 4 is 23.5 Å². The van der Waals surface area contributed by atoms with Gasteiger partial charge in [0.1, 0.15) is 23.5 Å². The van der Waals surface area contributed by atoms with E-state index in [9.17, 15) is 24.9 Å². The van der Waals surface area contributed by atoms with E-state index in [1.165, 1.54) is 30.4 Å². The van der Waals surface area contributed by atoms with Gasteiger partial charge in [-0.25, -0.2) is 4.79 Å². The third kappa shape index (κ3) is 4.96. The Morgan fingerprint density at radius 3 is 2.52 bits per heavy atom. The molecule has 1 aliphatic heterocycles. The van der Waals surface area contributed by atoms with Gasteiger partial charge in [-0.3, -0.25) is 4.79 Å². The number of nitrogens with one attached hydrogen (secondary N) is 1. The first-order chi connectivity index (χ1) is 12.7. The molecule has 0 saturated carbocycles. The molecule has 2 rings (SSSR count). The van der Waals surface area contributed by atoms with E-state index in [1.807, 2.05) is 0 Å². The summed E-state index contributed by atoms with van der Waals surface area (Å²) in [7, 11) is 1.67. The average molecular weight is 375 g/mol. The molecule has 7 heteroatoms. The number of benzene rings is 1. The Labute approximate surface area is 158 Å². The Hall–Kier alpha value is -2.64. The number of hydrogen-bond acceptors (Lipinski definition) is 7. The summed E-state index contributed by atoms with van der Waals surface area (Å²) in [4.78, 5) is 24.6. The summed E-state index contributed by atoms with van der Waals surface area (Å²) < 4.78 is 5.44. The van der Waals surface area contributed by atoms with Crippen LogP contribution in [0.25, 0.3) is 6.08 Å². The molecule has 1 aromatic carbocycles. The predicted molar refractivity (Wildman–Crippen MR) is 102 cm³/mol. The number of aromatic hydroxyl groups is 1. The molecule has 4 atom stereocenters. The Bertz CT molecular complexity index is 770. The summed E-state index contributed by atoms with van der Waals surface area (Å²) in [6.45, 7) is 3.42. The summed E-state index contributed by atoms with van der Waals surface area (Å²) >= 11 is 0. The van der Waals surface area contributed by atoms with Crippen molar-refractivity contribution in [2.24, 2.45) is 5.92 Å². The van der Waals surface area contributed by atoms with E-state index in [1.54, 1.807) is 27.0 Å². The van der Waals surface area contributed by atoms with Gasteiger partial charge in [-0.05, 0) is 31.1 Å². The lowest BCUT2D eigenvalue weighted by atomic mass is 9.99. The summed E-state index contributed by atoms with van der Waals surface area (Å²) in [5.41, 5.74) is 0.992. The van der Waals surface area contributed by atoms with Gasteiger partial charge in [0.25, 0.3) is 0 Å². The number of aliphatic hydroxyl groups excluding tert-OH is 2. The van der Waals surface area contributed by atoms with Gasteiger partial charge in [0.2, 0.25) is 0 Å². The van der Waals surface area contributed by atoms with Gasteiger partial charge >= 0.3 is 5.97 Å². The molecule has 27 heavy (non-hydrogen) atoms. The molecule has 0 radical (unpaired) electrons. The molecular formula is C20H25NO6. The molecule has 0 saturated heterocycles. The molecule has 146 valence electrons. The molecule has 1 aliphatic rings. The number of hydrogen-bond donors (Lipinski definition) is 4. The molecule has 1 heterocycles. The van der Waals surface area contributed by atoms with Crippen molar-refractivity contribution in [1.82, 2.24) is 0 Å². The Balaban J connectivity index is 2.50. The molecule has 0 amide bonds. The van der Waals surface area contributed by atoms with Crippen LogP contribution in [0.3, 0.4) is 0 Å². The summed E-state index contributed by atoms with van der Waals surface area (Å²) in [5, 5.41) is 33.2. The second-order valence-electron chi connectivity index (χ2n) is 6.59. The van der Waals surface area contributed by atoms with E-state index in [-0.39, 0.29) is 23.7 Å². The highest BCUT2D eigenvalue weighted by Gasteiger charge is 2.25. The van der Waals surface area contributed by atoms with E-state index in [0.29, 0.717) is 11.3 Å². The van der Waals surface area contributed by atoms with Gasteiger partial charge in [-0.15, -0.1) is 0 Å². The Morgan fingerprint density at radius 1 is 1.15 bits per heavy atom. The van der Waals surface area contributed by atoms with Crippen LogP contribution in [0.5, 0.6) is 5.75 Å². The summed E-state index contributed by atoms with van der Waals surface area (Å²) in [5.74, 6) is -1.85. The second kappa shape index (κ2) is 8.83. The van der Waals surface area contributed by atoms with Crippen LogP contribution >= 0.6 is 0 Å². The number of fused-ring (bicyclic) bond motifs is 1. The number of ether oxygens (including phenoxy) is 1. The second-order valence-corrected chi connectivity index (χ2v) is 6.59. The molecule has 4 N–H and O–H groups in total. The van der Waals surface area contributed by atoms with Gasteiger partial charge in [0, 0.05) is 24.7 Å². The largest absolute Gasteiger partial charge is 0.507 e. The van der Waals surface area contributed by atoms with Crippen LogP contribution < -0.4 is 5.32 Å². The minimum atomic E-state index is -1.55. The molecule has 3 unspecified atom stereocenters. The lowest BCUT2D eigenvalue weighted by Gasteiger charge is -2.20. The lowest BCUT2D eigenvalue weighted by Crippen LogP contribution is -2.32. The topological polar surface area (TPSA) is 116 Å². The van der Waals surface area contributed by atoms with Gasteiger partial charge < -0.3 is 25.4 Å². The van der Waals surface area contributed by atoms with Gasteiger partial charge in [-0.1, -0.05) is 25.2 Å². The molecule has 7 nitrogen and oxygen atoms in total. The van der Waals surface area contributed by atoms with Crippen LogP contribution in [0.1, 0.15) is 36.2 Å². The van der Waals surface area contributed by atoms with Crippen molar-refractivity contribution in [3.63, 3.8) is 0 Å². The fourth-order valence-corrected chi connectivity index (χ4v) is 2.64. The monoisotopic (exact) mass is 375 g/mol.